The number of morpholine rings is 1. The highest BCUT2D eigenvalue weighted by Gasteiger charge is 2.28. The minimum Gasteiger partial charge on any atom is -0.370 e. The second-order valence-corrected chi connectivity index (χ2v) is 6.12. The molecular formula is C19H20N4O2. The first-order valence-corrected chi connectivity index (χ1v) is 8.35. The highest BCUT2D eigenvalue weighted by molar-refractivity contribution is 5.97. The van der Waals surface area contributed by atoms with Gasteiger partial charge in [0.2, 0.25) is 0 Å². The second kappa shape index (κ2) is 6.57. The summed E-state index contributed by atoms with van der Waals surface area (Å²) in [5.74, 6) is 0.763. The Morgan fingerprint density at radius 3 is 2.68 bits per heavy atom. The molecule has 0 aliphatic carbocycles. The van der Waals surface area contributed by atoms with Crippen molar-refractivity contribution in [1.29, 1.82) is 0 Å². The van der Waals surface area contributed by atoms with Gasteiger partial charge in [-0.1, -0.05) is 30.3 Å². The Morgan fingerprint density at radius 1 is 1.16 bits per heavy atom. The van der Waals surface area contributed by atoms with Gasteiger partial charge >= 0.3 is 0 Å². The summed E-state index contributed by atoms with van der Waals surface area (Å²) in [7, 11) is 1.85. The Labute approximate surface area is 146 Å². The molecule has 0 radical (unpaired) electrons. The molecule has 0 N–H and O–H groups in total. The van der Waals surface area contributed by atoms with Crippen LogP contribution in [-0.2, 0) is 11.8 Å². The molecule has 1 saturated heterocycles. The van der Waals surface area contributed by atoms with E-state index in [1.54, 1.807) is 10.9 Å². The first kappa shape index (κ1) is 15.7. The van der Waals surface area contributed by atoms with Crippen molar-refractivity contribution >= 4 is 5.91 Å². The van der Waals surface area contributed by atoms with E-state index >= 15 is 0 Å². The molecule has 1 aliphatic heterocycles. The van der Waals surface area contributed by atoms with Crippen LogP contribution in [0.5, 0.6) is 0 Å². The first-order valence-electron chi connectivity index (χ1n) is 8.35. The molecule has 4 rings (SSSR count). The van der Waals surface area contributed by atoms with Crippen LogP contribution in [0.2, 0.25) is 0 Å². The van der Waals surface area contributed by atoms with Crippen LogP contribution in [0, 0.1) is 0 Å². The third kappa shape index (κ3) is 2.96. The van der Waals surface area contributed by atoms with Gasteiger partial charge in [0.15, 0.2) is 0 Å². The van der Waals surface area contributed by atoms with Crippen LogP contribution in [-0.4, -0.2) is 44.9 Å². The Kier molecular flexibility index (Phi) is 4.11. The number of aromatic nitrogens is 3. The molecule has 1 fully saturated rings. The average Bonchev–Trinajstić information content (AvgIpc) is 3.31. The molecule has 0 unspecified atom stereocenters. The second-order valence-electron chi connectivity index (χ2n) is 6.12. The van der Waals surface area contributed by atoms with Crippen molar-refractivity contribution in [2.75, 3.05) is 19.7 Å². The van der Waals surface area contributed by atoms with E-state index < -0.39 is 0 Å². The van der Waals surface area contributed by atoms with Crippen LogP contribution >= 0.6 is 0 Å². The Hall–Kier alpha value is -2.86. The van der Waals surface area contributed by atoms with Crippen molar-refractivity contribution in [2.24, 2.45) is 7.05 Å². The fourth-order valence-electron chi connectivity index (χ4n) is 3.24. The molecule has 6 heteroatoms. The molecule has 2 aromatic heterocycles. The van der Waals surface area contributed by atoms with Crippen LogP contribution in [0.25, 0.3) is 5.82 Å². The average molecular weight is 336 g/mol. The van der Waals surface area contributed by atoms with E-state index in [9.17, 15) is 4.79 Å². The van der Waals surface area contributed by atoms with Crippen LogP contribution in [0.3, 0.4) is 0 Å². The number of carbonyl (C=O) groups is 1. The third-order valence-electron chi connectivity index (χ3n) is 4.51. The summed E-state index contributed by atoms with van der Waals surface area (Å²) in [6, 6.07) is 13.9. The largest absolute Gasteiger partial charge is 0.370 e. The fraction of sp³-hybridized carbons (Fsp3) is 0.263. The molecule has 128 valence electrons. The number of aryl methyl sites for hydroxylation is 1. The first-order chi connectivity index (χ1) is 12.2. The lowest BCUT2D eigenvalue weighted by molar-refractivity contribution is -0.0228. The number of ether oxygens (including phenoxy) is 1. The topological polar surface area (TPSA) is 52.3 Å². The summed E-state index contributed by atoms with van der Waals surface area (Å²) in [4.78, 5) is 15.0. The van der Waals surface area contributed by atoms with E-state index in [2.05, 4.69) is 5.10 Å². The summed E-state index contributed by atoms with van der Waals surface area (Å²) in [6.45, 7) is 1.66. The molecule has 0 bridgehead atoms. The van der Waals surface area contributed by atoms with Gasteiger partial charge in [0.25, 0.3) is 5.91 Å². The zero-order valence-electron chi connectivity index (χ0n) is 14.1. The number of carbonyl (C=O) groups excluding carboxylic acids is 1. The maximum absolute atomic E-state index is 13.1. The molecule has 1 atom stereocenters. The predicted octanol–water partition coefficient (Wildman–Crippen LogP) is 2.42. The molecule has 25 heavy (non-hydrogen) atoms. The smallest absolute Gasteiger partial charge is 0.259 e. The SMILES string of the molecule is Cn1ncc(C(=O)N2CCO[C@@H](c3ccccc3)C2)c1-n1cccc1. The third-order valence-corrected chi connectivity index (χ3v) is 4.51. The summed E-state index contributed by atoms with van der Waals surface area (Å²) >= 11 is 0. The van der Waals surface area contributed by atoms with Gasteiger partial charge in [-0.15, -0.1) is 0 Å². The van der Waals surface area contributed by atoms with Crippen LogP contribution < -0.4 is 0 Å². The number of hydrogen-bond acceptors (Lipinski definition) is 3. The summed E-state index contributed by atoms with van der Waals surface area (Å²) < 4.78 is 9.50. The monoisotopic (exact) mass is 336 g/mol. The minimum absolute atomic E-state index is 0.0129. The molecule has 6 nitrogen and oxygen atoms in total. The van der Waals surface area contributed by atoms with Gasteiger partial charge in [0.05, 0.1) is 19.3 Å². The van der Waals surface area contributed by atoms with Crippen molar-refractivity contribution in [1.82, 2.24) is 19.2 Å². The summed E-state index contributed by atoms with van der Waals surface area (Å²) in [5.41, 5.74) is 1.70. The summed E-state index contributed by atoms with van der Waals surface area (Å²) in [6.07, 6.45) is 5.38. The van der Waals surface area contributed by atoms with E-state index in [4.69, 9.17) is 4.74 Å². The van der Waals surface area contributed by atoms with E-state index in [-0.39, 0.29) is 12.0 Å². The van der Waals surface area contributed by atoms with Gasteiger partial charge in [-0.2, -0.15) is 5.10 Å². The number of amides is 1. The predicted molar refractivity (Wildman–Crippen MR) is 93.6 cm³/mol. The molecule has 0 spiro atoms. The van der Waals surface area contributed by atoms with E-state index in [0.29, 0.717) is 25.3 Å². The number of rotatable bonds is 3. The molecule has 3 heterocycles. The van der Waals surface area contributed by atoms with Crippen LogP contribution in [0.1, 0.15) is 22.0 Å². The highest BCUT2D eigenvalue weighted by atomic mass is 16.5. The molecule has 1 aromatic carbocycles. The molecule has 1 amide bonds. The Morgan fingerprint density at radius 2 is 1.92 bits per heavy atom. The standard InChI is InChI=1S/C19H20N4O2/c1-21-18(22-9-5-6-10-22)16(13-20-21)19(24)23-11-12-25-17(14-23)15-7-3-2-4-8-15/h2-10,13,17H,11-12,14H2,1H3/t17-/m1/s1. The van der Waals surface area contributed by atoms with Crippen molar-refractivity contribution in [3.8, 4) is 5.82 Å². The van der Waals surface area contributed by atoms with Gasteiger partial charge in [-0.3, -0.25) is 9.48 Å². The minimum atomic E-state index is -0.0920. The summed E-state index contributed by atoms with van der Waals surface area (Å²) in [5, 5.41) is 4.28. The van der Waals surface area contributed by atoms with Crippen LogP contribution in [0.15, 0.2) is 61.1 Å². The van der Waals surface area contributed by atoms with Crippen molar-refractivity contribution < 1.29 is 9.53 Å². The van der Waals surface area contributed by atoms with Gasteiger partial charge < -0.3 is 14.2 Å². The van der Waals surface area contributed by atoms with Gasteiger partial charge in [0.1, 0.15) is 17.5 Å². The quantitative estimate of drug-likeness (QED) is 0.738. The normalized spacial score (nSPS) is 17.6. The zero-order valence-corrected chi connectivity index (χ0v) is 14.1. The van der Waals surface area contributed by atoms with Gasteiger partial charge in [-0.25, -0.2) is 0 Å². The van der Waals surface area contributed by atoms with Gasteiger partial charge in [-0.05, 0) is 17.7 Å². The maximum atomic E-state index is 13.1. The molecular weight excluding hydrogens is 316 g/mol. The molecule has 1 aliphatic rings. The van der Waals surface area contributed by atoms with Crippen molar-refractivity contribution in [3.63, 3.8) is 0 Å². The lowest BCUT2D eigenvalue weighted by Gasteiger charge is -2.33. The van der Waals surface area contributed by atoms with E-state index in [0.717, 1.165) is 11.4 Å². The molecule has 0 saturated carbocycles. The Balaban J connectivity index is 1.59. The fourth-order valence-corrected chi connectivity index (χ4v) is 3.24. The molecule has 3 aromatic rings. The Bertz CT molecular complexity index is 855. The van der Waals surface area contributed by atoms with E-state index in [1.165, 1.54) is 0 Å². The van der Waals surface area contributed by atoms with Gasteiger partial charge in [0, 0.05) is 26.0 Å². The van der Waals surface area contributed by atoms with E-state index in [1.807, 2.05) is 71.4 Å². The maximum Gasteiger partial charge on any atom is 0.259 e. The number of benzene rings is 1. The van der Waals surface area contributed by atoms with Crippen LogP contribution in [0.4, 0.5) is 0 Å². The number of nitrogens with zero attached hydrogens (tertiary/aromatic N) is 4. The number of hydrogen-bond donors (Lipinski definition) is 0. The van der Waals surface area contributed by atoms with Crippen molar-refractivity contribution in [2.45, 2.75) is 6.10 Å². The lowest BCUT2D eigenvalue weighted by atomic mass is 10.1. The zero-order chi connectivity index (χ0) is 17.2. The van der Waals surface area contributed by atoms with Crippen molar-refractivity contribution in [3.05, 3.63) is 72.2 Å². The lowest BCUT2D eigenvalue weighted by Crippen LogP contribution is -2.42. The highest BCUT2D eigenvalue weighted by Crippen LogP contribution is 2.24.